The van der Waals surface area contributed by atoms with Gasteiger partial charge in [0.15, 0.2) is 0 Å². The number of rotatable bonds is 1. The fourth-order valence-corrected chi connectivity index (χ4v) is 2.78. The number of imidazole rings is 1. The molecule has 1 aromatic heterocycles. The molecule has 0 bridgehead atoms. The Morgan fingerprint density at radius 3 is 3.06 bits per heavy atom. The van der Waals surface area contributed by atoms with Gasteiger partial charge in [-0.05, 0) is 32.2 Å². The lowest BCUT2D eigenvalue weighted by Crippen LogP contribution is -2.28. The first kappa shape index (κ1) is 10.3. The molecule has 1 fully saturated rings. The summed E-state index contributed by atoms with van der Waals surface area (Å²) in [6.45, 7) is 2.17. The van der Waals surface area contributed by atoms with Crippen molar-refractivity contribution in [2.24, 2.45) is 0 Å². The largest absolute Gasteiger partial charge is 0.373 e. The molecular weight excluding hydrogens is 202 g/mol. The molecule has 0 aliphatic carbocycles. The number of nitrogens with zero attached hydrogens (tertiary/aromatic N) is 2. The molecule has 0 saturated carbocycles. The first-order valence-electron chi connectivity index (χ1n) is 6.31. The zero-order chi connectivity index (χ0) is 11.0. The van der Waals surface area contributed by atoms with E-state index in [0.29, 0.717) is 5.92 Å². The molecule has 3 rings (SSSR count). The summed E-state index contributed by atoms with van der Waals surface area (Å²) in [6.07, 6.45) is 7.11. The Morgan fingerprint density at radius 2 is 2.31 bits per heavy atom. The van der Waals surface area contributed by atoms with Crippen LogP contribution in [0.2, 0.25) is 0 Å². The minimum Gasteiger partial charge on any atom is -0.373 e. The molecule has 1 saturated heterocycles. The first-order valence-corrected chi connectivity index (χ1v) is 6.31. The Balaban J connectivity index is 1.85. The lowest BCUT2D eigenvalue weighted by Gasteiger charge is -2.21. The lowest BCUT2D eigenvalue weighted by molar-refractivity contribution is 0.0780. The van der Waals surface area contributed by atoms with Crippen LogP contribution < -0.4 is 5.32 Å². The van der Waals surface area contributed by atoms with Gasteiger partial charge in [-0.25, -0.2) is 4.98 Å². The van der Waals surface area contributed by atoms with E-state index in [0.717, 1.165) is 38.2 Å². The van der Waals surface area contributed by atoms with Gasteiger partial charge in [-0.1, -0.05) is 0 Å². The Labute approximate surface area is 95.7 Å². The highest BCUT2D eigenvalue weighted by atomic mass is 16.3. The van der Waals surface area contributed by atoms with Gasteiger partial charge in [-0.3, -0.25) is 0 Å². The zero-order valence-electron chi connectivity index (χ0n) is 9.52. The predicted octanol–water partition coefficient (Wildman–Crippen LogP) is 1.18. The van der Waals surface area contributed by atoms with Crippen molar-refractivity contribution < 1.29 is 5.11 Å². The Kier molecular flexibility index (Phi) is 2.69. The highest BCUT2D eigenvalue weighted by Crippen LogP contribution is 2.27. The zero-order valence-corrected chi connectivity index (χ0v) is 9.52. The van der Waals surface area contributed by atoms with Crippen molar-refractivity contribution in [3.63, 3.8) is 0 Å². The Morgan fingerprint density at radius 1 is 1.38 bits per heavy atom. The van der Waals surface area contributed by atoms with Gasteiger partial charge in [0.1, 0.15) is 12.1 Å². The molecular formula is C12H19N3O. The SMILES string of the molecule is OC1CCCc2nc(C3CCCNC3)cn21. The molecule has 4 heteroatoms. The first-order chi connectivity index (χ1) is 7.84. The molecule has 4 nitrogen and oxygen atoms in total. The van der Waals surface area contributed by atoms with Crippen LogP contribution in [-0.2, 0) is 6.42 Å². The Hall–Kier alpha value is -0.870. The third kappa shape index (κ3) is 1.76. The molecule has 2 N–H and O–H groups in total. The number of aryl methyl sites for hydroxylation is 1. The van der Waals surface area contributed by atoms with Crippen molar-refractivity contribution in [3.8, 4) is 0 Å². The Bertz CT molecular complexity index is 368. The van der Waals surface area contributed by atoms with E-state index in [2.05, 4.69) is 16.5 Å². The number of aliphatic hydroxyl groups is 1. The maximum Gasteiger partial charge on any atom is 0.131 e. The molecule has 16 heavy (non-hydrogen) atoms. The maximum atomic E-state index is 9.88. The van der Waals surface area contributed by atoms with Crippen molar-refractivity contribution in [3.05, 3.63) is 17.7 Å². The van der Waals surface area contributed by atoms with Crippen LogP contribution in [0.4, 0.5) is 0 Å². The van der Waals surface area contributed by atoms with E-state index in [1.807, 2.05) is 4.57 Å². The van der Waals surface area contributed by atoms with Crippen LogP contribution in [-0.4, -0.2) is 27.7 Å². The van der Waals surface area contributed by atoms with Gasteiger partial charge in [0.05, 0.1) is 5.69 Å². The molecule has 88 valence electrons. The highest BCUT2D eigenvalue weighted by molar-refractivity contribution is 5.13. The summed E-state index contributed by atoms with van der Waals surface area (Å²) in [4.78, 5) is 4.69. The molecule has 2 unspecified atom stereocenters. The summed E-state index contributed by atoms with van der Waals surface area (Å²) >= 11 is 0. The summed E-state index contributed by atoms with van der Waals surface area (Å²) in [5, 5.41) is 13.3. The van der Waals surface area contributed by atoms with Gasteiger partial charge >= 0.3 is 0 Å². The molecule has 2 aliphatic heterocycles. The van der Waals surface area contributed by atoms with Crippen LogP contribution in [0.5, 0.6) is 0 Å². The molecule has 1 aromatic rings. The summed E-state index contributed by atoms with van der Waals surface area (Å²) in [5.41, 5.74) is 1.17. The second-order valence-electron chi connectivity index (χ2n) is 4.91. The smallest absolute Gasteiger partial charge is 0.131 e. The number of hydrogen-bond donors (Lipinski definition) is 2. The van der Waals surface area contributed by atoms with Crippen LogP contribution in [0, 0.1) is 0 Å². The van der Waals surface area contributed by atoms with Gasteiger partial charge in [0.25, 0.3) is 0 Å². The molecule has 2 aliphatic rings. The second kappa shape index (κ2) is 4.18. The normalized spacial score (nSPS) is 30.1. The van der Waals surface area contributed by atoms with E-state index < -0.39 is 0 Å². The van der Waals surface area contributed by atoms with E-state index in [1.165, 1.54) is 18.5 Å². The van der Waals surface area contributed by atoms with Crippen molar-refractivity contribution in [1.29, 1.82) is 0 Å². The fourth-order valence-electron chi connectivity index (χ4n) is 2.78. The number of nitrogens with one attached hydrogen (secondary N) is 1. The predicted molar refractivity (Wildman–Crippen MR) is 61.3 cm³/mol. The van der Waals surface area contributed by atoms with Gasteiger partial charge in [-0.2, -0.15) is 0 Å². The van der Waals surface area contributed by atoms with E-state index in [-0.39, 0.29) is 6.23 Å². The molecule has 3 heterocycles. The van der Waals surface area contributed by atoms with E-state index in [1.54, 1.807) is 0 Å². The topological polar surface area (TPSA) is 50.1 Å². The quantitative estimate of drug-likeness (QED) is 0.748. The third-order valence-corrected chi connectivity index (χ3v) is 3.73. The molecule has 0 radical (unpaired) electrons. The minimum absolute atomic E-state index is 0.346. The molecule has 2 atom stereocenters. The lowest BCUT2D eigenvalue weighted by atomic mass is 9.97. The molecule has 0 amide bonds. The maximum absolute atomic E-state index is 9.88. The van der Waals surface area contributed by atoms with Crippen LogP contribution in [0.15, 0.2) is 6.20 Å². The standard InChI is InChI=1S/C12H19N3O/c16-12-5-1-4-11-14-10(8-15(11)12)9-3-2-6-13-7-9/h8-9,12-13,16H,1-7H2. The number of hydrogen-bond acceptors (Lipinski definition) is 3. The highest BCUT2D eigenvalue weighted by Gasteiger charge is 2.23. The fraction of sp³-hybridized carbons (Fsp3) is 0.750. The summed E-state index contributed by atoms with van der Waals surface area (Å²) in [6, 6.07) is 0. The number of aromatic nitrogens is 2. The van der Waals surface area contributed by atoms with E-state index in [4.69, 9.17) is 0 Å². The average Bonchev–Trinajstić information content (AvgIpc) is 2.76. The van der Waals surface area contributed by atoms with Gasteiger partial charge in [0, 0.05) is 25.1 Å². The minimum atomic E-state index is -0.346. The third-order valence-electron chi connectivity index (χ3n) is 3.73. The van der Waals surface area contributed by atoms with E-state index >= 15 is 0 Å². The van der Waals surface area contributed by atoms with Gasteiger partial charge in [0.2, 0.25) is 0 Å². The van der Waals surface area contributed by atoms with Crippen LogP contribution in [0.25, 0.3) is 0 Å². The van der Waals surface area contributed by atoms with Crippen molar-refractivity contribution in [2.75, 3.05) is 13.1 Å². The van der Waals surface area contributed by atoms with Crippen LogP contribution in [0.3, 0.4) is 0 Å². The van der Waals surface area contributed by atoms with Crippen molar-refractivity contribution in [1.82, 2.24) is 14.9 Å². The number of piperidine rings is 1. The summed E-state index contributed by atoms with van der Waals surface area (Å²) in [7, 11) is 0. The van der Waals surface area contributed by atoms with Crippen LogP contribution in [0.1, 0.15) is 49.3 Å². The van der Waals surface area contributed by atoms with Gasteiger partial charge in [-0.15, -0.1) is 0 Å². The monoisotopic (exact) mass is 221 g/mol. The summed E-state index contributed by atoms with van der Waals surface area (Å²) in [5.74, 6) is 1.61. The van der Waals surface area contributed by atoms with Crippen molar-refractivity contribution in [2.45, 2.75) is 44.2 Å². The molecule has 0 spiro atoms. The van der Waals surface area contributed by atoms with E-state index in [9.17, 15) is 5.11 Å². The molecule has 0 aromatic carbocycles. The van der Waals surface area contributed by atoms with Crippen molar-refractivity contribution >= 4 is 0 Å². The number of aliphatic hydroxyl groups excluding tert-OH is 1. The van der Waals surface area contributed by atoms with Crippen LogP contribution >= 0.6 is 0 Å². The average molecular weight is 221 g/mol. The number of fused-ring (bicyclic) bond motifs is 1. The summed E-state index contributed by atoms with van der Waals surface area (Å²) < 4.78 is 1.97. The van der Waals surface area contributed by atoms with Gasteiger partial charge < -0.3 is 15.0 Å². The second-order valence-corrected chi connectivity index (χ2v) is 4.91.